The van der Waals surface area contributed by atoms with Gasteiger partial charge < -0.3 is 11.1 Å². The summed E-state index contributed by atoms with van der Waals surface area (Å²) in [7, 11) is 0. The number of hydrogen-bond acceptors (Lipinski definition) is 2. The van der Waals surface area contributed by atoms with E-state index in [1.165, 1.54) is 12.1 Å². The molecule has 0 saturated carbocycles. The highest BCUT2D eigenvalue weighted by Gasteiger charge is 2.10. The summed E-state index contributed by atoms with van der Waals surface area (Å²) < 4.78 is 12.6. The molecule has 0 fully saturated rings. The minimum absolute atomic E-state index is 0.204. The Labute approximate surface area is 93.8 Å². The van der Waals surface area contributed by atoms with Gasteiger partial charge in [-0.2, -0.15) is 0 Å². The second-order valence-corrected chi connectivity index (χ2v) is 3.36. The van der Waals surface area contributed by atoms with E-state index in [1.807, 2.05) is 0 Å². The van der Waals surface area contributed by atoms with Crippen LogP contribution in [-0.2, 0) is 11.3 Å². The first-order chi connectivity index (χ1) is 7.63. The van der Waals surface area contributed by atoms with Crippen molar-refractivity contribution in [1.29, 1.82) is 0 Å². The number of halogens is 1. The fourth-order valence-corrected chi connectivity index (χ4v) is 1.14. The standard InChI is InChI=1S/C12H13FN2O/c1-2-3-11(14)12(16)15-8-9-4-6-10(13)7-5-9/h1,4-7,11H,3,8,14H2,(H,15,16). The Morgan fingerprint density at radius 3 is 2.69 bits per heavy atom. The molecule has 0 spiro atoms. The first-order valence-electron chi connectivity index (χ1n) is 4.84. The zero-order chi connectivity index (χ0) is 12.0. The van der Waals surface area contributed by atoms with Gasteiger partial charge in [0.25, 0.3) is 0 Å². The van der Waals surface area contributed by atoms with Crippen LogP contribution >= 0.6 is 0 Å². The predicted molar refractivity (Wildman–Crippen MR) is 59.7 cm³/mol. The maximum atomic E-state index is 12.6. The third kappa shape index (κ3) is 3.71. The summed E-state index contributed by atoms with van der Waals surface area (Å²) in [6.45, 7) is 0.317. The quantitative estimate of drug-likeness (QED) is 0.737. The minimum Gasteiger partial charge on any atom is -0.351 e. The molecule has 1 aromatic carbocycles. The molecule has 3 nitrogen and oxygen atoms in total. The van der Waals surface area contributed by atoms with Crippen LogP contribution in [0.2, 0.25) is 0 Å². The minimum atomic E-state index is -0.689. The number of benzene rings is 1. The van der Waals surface area contributed by atoms with E-state index in [2.05, 4.69) is 11.2 Å². The van der Waals surface area contributed by atoms with Crippen LogP contribution in [0.1, 0.15) is 12.0 Å². The van der Waals surface area contributed by atoms with Crippen LogP contribution in [0.25, 0.3) is 0 Å². The lowest BCUT2D eigenvalue weighted by atomic mass is 10.2. The van der Waals surface area contributed by atoms with Gasteiger partial charge in [-0.3, -0.25) is 4.79 Å². The number of nitrogens with one attached hydrogen (secondary N) is 1. The van der Waals surface area contributed by atoms with Gasteiger partial charge in [-0.15, -0.1) is 12.3 Å². The zero-order valence-corrected chi connectivity index (χ0v) is 8.74. The number of carbonyl (C=O) groups is 1. The molecular weight excluding hydrogens is 207 g/mol. The van der Waals surface area contributed by atoms with E-state index < -0.39 is 6.04 Å². The molecular formula is C12H13FN2O. The maximum Gasteiger partial charge on any atom is 0.238 e. The molecule has 1 atom stereocenters. The third-order valence-electron chi connectivity index (χ3n) is 2.05. The normalized spacial score (nSPS) is 11.6. The van der Waals surface area contributed by atoms with Crippen molar-refractivity contribution < 1.29 is 9.18 Å². The van der Waals surface area contributed by atoms with Crippen molar-refractivity contribution in [1.82, 2.24) is 5.32 Å². The number of nitrogens with two attached hydrogens (primary N) is 1. The van der Waals surface area contributed by atoms with Gasteiger partial charge in [0.15, 0.2) is 0 Å². The van der Waals surface area contributed by atoms with Crippen molar-refractivity contribution in [3.8, 4) is 12.3 Å². The number of terminal acetylenes is 1. The molecule has 0 aromatic heterocycles. The average Bonchev–Trinajstić information content (AvgIpc) is 2.28. The van der Waals surface area contributed by atoms with E-state index in [4.69, 9.17) is 12.2 Å². The van der Waals surface area contributed by atoms with E-state index in [0.29, 0.717) is 6.54 Å². The Morgan fingerprint density at radius 1 is 1.50 bits per heavy atom. The van der Waals surface area contributed by atoms with Crippen LogP contribution in [0.3, 0.4) is 0 Å². The molecule has 1 unspecified atom stereocenters. The van der Waals surface area contributed by atoms with Crippen molar-refractivity contribution in [2.45, 2.75) is 19.0 Å². The summed E-state index contributed by atoms with van der Waals surface area (Å²) in [5.41, 5.74) is 6.31. The summed E-state index contributed by atoms with van der Waals surface area (Å²) in [6.07, 6.45) is 5.24. The van der Waals surface area contributed by atoms with Crippen molar-refractivity contribution in [2.75, 3.05) is 0 Å². The Hall–Kier alpha value is -1.86. The molecule has 0 bridgehead atoms. The first-order valence-corrected chi connectivity index (χ1v) is 4.84. The van der Waals surface area contributed by atoms with E-state index in [-0.39, 0.29) is 18.1 Å². The van der Waals surface area contributed by atoms with Crippen molar-refractivity contribution in [2.24, 2.45) is 5.73 Å². The van der Waals surface area contributed by atoms with Gasteiger partial charge in [0, 0.05) is 13.0 Å². The Morgan fingerprint density at radius 2 is 2.12 bits per heavy atom. The van der Waals surface area contributed by atoms with Crippen molar-refractivity contribution in [3.63, 3.8) is 0 Å². The molecule has 16 heavy (non-hydrogen) atoms. The third-order valence-corrected chi connectivity index (χ3v) is 2.05. The molecule has 4 heteroatoms. The number of rotatable bonds is 4. The molecule has 84 valence electrons. The number of hydrogen-bond donors (Lipinski definition) is 2. The fraction of sp³-hybridized carbons (Fsp3) is 0.250. The van der Waals surface area contributed by atoms with Crippen molar-refractivity contribution >= 4 is 5.91 Å². The van der Waals surface area contributed by atoms with E-state index in [1.54, 1.807) is 12.1 Å². The lowest BCUT2D eigenvalue weighted by Crippen LogP contribution is -2.39. The molecule has 1 aromatic rings. The molecule has 0 saturated heterocycles. The molecule has 0 radical (unpaired) electrons. The number of carbonyl (C=O) groups excluding carboxylic acids is 1. The van der Waals surface area contributed by atoms with Gasteiger partial charge in [-0.05, 0) is 17.7 Å². The summed E-state index contributed by atoms with van der Waals surface area (Å²) in [6, 6.07) is 5.18. The van der Waals surface area contributed by atoms with Gasteiger partial charge in [0.05, 0.1) is 6.04 Å². The monoisotopic (exact) mass is 220 g/mol. The predicted octanol–water partition coefficient (Wildman–Crippen LogP) is 0.792. The highest BCUT2D eigenvalue weighted by atomic mass is 19.1. The van der Waals surface area contributed by atoms with Gasteiger partial charge in [-0.1, -0.05) is 12.1 Å². The largest absolute Gasteiger partial charge is 0.351 e. The molecule has 0 aliphatic rings. The molecule has 0 heterocycles. The first kappa shape index (κ1) is 12.2. The van der Waals surface area contributed by atoms with Crippen LogP contribution in [0, 0.1) is 18.2 Å². The molecule has 0 aliphatic heterocycles. The maximum absolute atomic E-state index is 12.6. The zero-order valence-electron chi connectivity index (χ0n) is 8.74. The summed E-state index contributed by atoms with van der Waals surface area (Å²) in [4.78, 5) is 11.4. The molecule has 3 N–H and O–H groups in total. The molecule has 1 amide bonds. The number of amides is 1. The van der Waals surface area contributed by atoms with Crippen LogP contribution < -0.4 is 11.1 Å². The van der Waals surface area contributed by atoms with Crippen LogP contribution in [0.15, 0.2) is 24.3 Å². The average molecular weight is 220 g/mol. The Kier molecular flexibility index (Phi) is 4.49. The van der Waals surface area contributed by atoms with E-state index in [9.17, 15) is 9.18 Å². The van der Waals surface area contributed by atoms with Crippen molar-refractivity contribution in [3.05, 3.63) is 35.6 Å². The van der Waals surface area contributed by atoms with Crippen LogP contribution in [0.4, 0.5) is 4.39 Å². The van der Waals surface area contributed by atoms with Gasteiger partial charge >= 0.3 is 0 Å². The highest BCUT2D eigenvalue weighted by molar-refractivity contribution is 5.81. The Balaban J connectivity index is 2.43. The summed E-state index contributed by atoms with van der Waals surface area (Å²) in [5, 5.41) is 2.62. The lowest BCUT2D eigenvalue weighted by Gasteiger charge is -2.09. The van der Waals surface area contributed by atoms with Crippen LogP contribution in [-0.4, -0.2) is 11.9 Å². The summed E-state index contributed by atoms with van der Waals surface area (Å²) >= 11 is 0. The fourth-order valence-electron chi connectivity index (χ4n) is 1.14. The second kappa shape index (κ2) is 5.89. The van der Waals surface area contributed by atoms with Gasteiger partial charge in [-0.25, -0.2) is 4.39 Å². The van der Waals surface area contributed by atoms with Gasteiger partial charge in [0.1, 0.15) is 5.82 Å². The smallest absolute Gasteiger partial charge is 0.238 e. The van der Waals surface area contributed by atoms with E-state index in [0.717, 1.165) is 5.56 Å². The van der Waals surface area contributed by atoms with Crippen LogP contribution in [0.5, 0.6) is 0 Å². The lowest BCUT2D eigenvalue weighted by molar-refractivity contribution is -0.122. The highest BCUT2D eigenvalue weighted by Crippen LogP contribution is 2.02. The topological polar surface area (TPSA) is 55.1 Å². The van der Waals surface area contributed by atoms with E-state index >= 15 is 0 Å². The molecule has 0 aliphatic carbocycles. The van der Waals surface area contributed by atoms with Gasteiger partial charge in [0.2, 0.25) is 5.91 Å². The second-order valence-electron chi connectivity index (χ2n) is 3.36. The SMILES string of the molecule is C#CCC(N)C(=O)NCc1ccc(F)cc1. The Bertz CT molecular complexity index is 394. The summed E-state index contributed by atoms with van der Waals surface area (Å²) in [5.74, 6) is 1.71. The molecule has 1 rings (SSSR count).